The minimum absolute atomic E-state index is 0.0435. The van der Waals surface area contributed by atoms with Gasteiger partial charge in [0.15, 0.2) is 0 Å². The predicted octanol–water partition coefficient (Wildman–Crippen LogP) is 0.957. The van der Waals surface area contributed by atoms with Gasteiger partial charge in [0, 0.05) is 32.3 Å². The number of rotatable bonds is 8. The van der Waals surface area contributed by atoms with E-state index in [4.69, 9.17) is 9.57 Å². The van der Waals surface area contributed by atoms with Crippen molar-refractivity contribution >= 4 is 5.91 Å². The van der Waals surface area contributed by atoms with Gasteiger partial charge in [-0.2, -0.15) is 5.48 Å². The van der Waals surface area contributed by atoms with Crippen LogP contribution in [0.2, 0.25) is 0 Å². The van der Waals surface area contributed by atoms with Gasteiger partial charge in [-0.3, -0.25) is 20.4 Å². The quantitative estimate of drug-likeness (QED) is 0.444. The molecule has 1 amide bonds. The highest BCUT2D eigenvalue weighted by atomic mass is 16.7. The summed E-state index contributed by atoms with van der Waals surface area (Å²) in [5.74, 6) is 2.26. The van der Waals surface area contributed by atoms with Crippen LogP contribution in [-0.2, 0) is 14.4 Å². The van der Waals surface area contributed by atoms with E-state index in [9.17, 15) is 4.79 Å². The van der Waals surface area contributed by atoms with Gasteiger partial charge >= 0.3 is 0 Å². The van der Waals surface area contributed by atoms with Crippen LogP contribution in [0.25, 0.3) is 0 Å². The number of carbonyl (C=O) groups excluding carboxylic acids is 1. The Labute approximate surface area is 174 Å². The predicted molar refractivity (Wildman–Crippen MR) is 110 cm³/mol. The lowest BCUT2D eigenvalue weighted by Crippen LogP contribution is -2.47. The largest absolute Gasteiger partial charge is 0.380 e. The van der Waals surface area contributed by atoms with Gasteiger partial charge in [0.1, 0.15) is 6.23 Å². The van der Waals surface area contributed by atoms with Gasteiger partial charge in [0.2, 0.25) is 5.91 Å². The van der Waals surface area contributed by atoms with E-state index in [2.05, 4.69) is 33.5 Å². The van der Waals surface area contributed by atoms with Crippen LogP contribution in [0.4, 0.5) is 0 Å². The Morgan fingerprint density at radius 2 is 2.07 bits per heavy atom. The molecule has 0 aromatic rings. The van der Waals surface area contributed by atoms with E-state index >= 15 is 0 Å². The lowest BCUT2D eigenvalue weighted by atomic mass is 9.73. The molecule has 2 aliphatic heterocycles. The van der Waals surface area contributed by atoms with Crippen LogP contribution >= 0.6 is 0 Å². The van der Waals surface area contributed by atoms with Gasteiger partial charge in [-0.25, -0.2) is 5.01 Å². The topological polar surface area (TPSA) is 86.9 Å². The number of ether oxygens (including phenoxy) is 1. The van der Waals surface area contributed by atoms with Crippen molar-refractivity contribution in [3.05, 3.63) is 0 Å². The molecule has 4 fully saturated rings. The fraction of sp³-hybridized carbons (Fsp3) is 0.952. The summed E-state index contributed by atoms with van der Waals surface area (Å²) in [6.45, 7) is 7.94. The fourth-order valence-corrected chi connectivity index (χ4v) is 5.73. The molecule has 2 saturated heterocycles. The maximum absolute atomic E-state index is 12.8. The second-order valence-electron chi connectivity index (χ2n) is 9.17. The van der Waals surface area contributed by atoms with Gasteiger partial charge in [0.25, 0.3) is 0 Å². The smallest absolute Gasteiger partial charge is 0.226 e. The zero-order chi connectivity index (χ0) is 20.2. The van der Waals surface area contributed by atoms with Crippen LogP contribution in [-0.4, -0.2) is 62.2 Å². The van der Waals surface area contributed by atoms with Crippen LogP contribution in [0.5, 0.6) is 0 Å². The van der Waals surface area contributed by atoms with E-state index in [-0.39, 0.29) is 24.2 Å². The number of fused-ring (bicyclic) bond motifs is 1. The van der Waals surface area contributed by atoms with E-state index in [1.807, 2.05) is 6.92 Å². The molecule has 7 atom stereocenters. The number of amides is 1. The minimum Gasteiger partial charge on any atom is -0.380 e. The van der Waals surface area contributed by atoms with Crippen molar-refractivity contribution in [2.75, 3.05) is 32.8 Å². The standard InChI is InChI=1S/C21H39N5O3/c1-3-19-24-20(25-29-19)15-5-7-17-14(11-15)6-8-18(17)23-21(27)16-12-22-26(13-16)9-10-28-4-2/h14-20,22,24-25H,3-13H2,1-2H3,(H,23,27)/t14?,15?,16?,17?,18-,19?,20?/m1/s1. The first-order chi connectivity index (χ1) is 14.2. The molecule has 0 radical (unpaired) electrons. The molecule has 4 aliphatic rings. The number of nitrogens with zero attached hydrogens (tertiary/aromatic N) is 1. The summed E-state index contributed by atoms with van der Waals surface area (Å²) >= 11 is 0. The fourth-order valence-electron chi connectivity index (χ4n) is 5.73. The molecular formula is C21H39N5O3. The van der Waals surface area contributed by atoms with Crippen molar-refractivity contribution in [2.45, 2.75) is 70.8 Å². The number of nitrogens with one attached hydrogen (secondary N) is 4. The maximum Gasteiger partial charge on any atom is 0.226 e. The van der Waals surface area contributed by atoms with Crippen molar-refractivity contribution in [1.29, 1.82) is 0 Å². The van der Waals surface area contributed by atoms with E-state index in [0.29, 0.717) is 24.5 Å². The zero-order valence-corrected chi connectivity index (χ0v) is 18.0. The second kappa shape index (κ2) is 10.0. The third-order valence-electron chi connectivity index (χ3n) is 7.40. The molecule has 8 heteroatoms. The van der Waals surface area contributed by atoms with Gasteiger partial charge in [-0.15, -0.1) is 0 Å². The molecule has 166 valence electrons. The second-order valence-corrected chi connectivity index (χ2v) is 9.17. The summed E-state index contributed by atoms with van der Waals surface area (Å²) in [4.78, 5) is 18.5. The maximum atomic E-state index is 12.8. The van der Waals surface area contributed by atoms with Crippen molar-refractivity contribution in [3.8, 4) is 0 Å². The van der Waals surface area contributed by atoms with Crippen molar-refractivity contribution in [2.24, 2.45) is 23.7 Å². The number of hydrazine groups is 1. The van der Waals surface area contributed by atoms with E-state index in [1.54, 1.807) is 0 Å². The summed E-state index contributed by atoms with van der Waals surface area (Å²) in [5.41, 5.74) is 6.55. The zero-order valence-electron chi connectivity index (χ0n) is 18.0. The van der Waals surface area contributed by atoms with Gasteiger partial charge in [0.05, 0.1) is 18.7 Å². The van der Waals surface area contributed by atoms with E-state index in [0.717, 1.165) is 45.0 Å². The Bertz CT molecular complexity index is 550. The third kappa shape index (κ3) is 5.11. The summed E-state index contributed by atoms with van der Waals surface area (Å²) in [5, 5.41) is 9.11. The molecule has 4 rings (SSSR count). The molecular weight excluding hydrogens is 370 g/mol. The van der Waals surface area contributed by atoms with Gasteiger partial charge in [-0.1, -0.05) is 6.92 Å². The van der Waals surface area contributed by atoms with Crippen LogP contribution in [0.1, 0.15) is 52.4 Å². The first-order valence-electron chi connectivity index (χ1n) is 11.7. The molecule has 6 unspecified atom stereocenters. The molecule has 0 aromatic carbocycles. The van der Waals surface area contributed by atoms with Gasteiger partial charge in [-0.05, 0) is 63.2 Å². The Morgan fingerprint density at radius 3 is 2.86 bits per heavy atom. The molecule has 0 aromatic heterocycles. The van der Waals surface area contributed by atoms with Gasteiger partial charge < -0.3 is 10.1 Å². The lowest BCUT2D eigenvalue weighted by molar-refractivity contribution is -0.125. The first-order valence-corrected chi connectivity index (χ1v) is 11.7. The summed E-state index contributed by atoms with van der Waals surface area (Å²) in [6, 6.07) is 0.357. The first kappa shape index (κ1) is 21.5. The third-order valence-corrected chi connectivity index (χ3v) is 7.40. The van der Waals surface area contributed by atoms with Crippen LogP contribution in [0, 0.1) is 23.7 Å². The van der Waals surface area contributed by atoms with Crippen molar-refractivity contribution in [3.63, 3.8) is 0 Å². The highest BCUT2D eigenvalue weighted by Crippen LogP contribution is 2.45. The summed E-state index contributed by atoms with van der Waals surface area (Å²) < 4.78 is 5.42. The normalized spacial score (nSPS) is 40.3. The highest BCUT2D eigenvalue weighted by Gasteiger charge is 2.44. The molecule has 2 heterocycles. The van der Waals surface area contributed by atoms with Crippen LogP contribution < -0.4 is 21.5 Å². The Kier molecular flexibility index (Phi) is 7.42. The minimum atomic E-state index is 0.0435. The average molecular weight is 410 g/mol. The van der Waals surface area contributed by atoms with Crippen LogP contribution in [0.15, 0.2) is 0 Å². The summed E-state index contributed by atoms with van der Waals surface area (Å²) in [6.07, 6.45) is 7.41. The Balaban J connectivity index is 1.21. The van der Waals surface area contributed by atoms with Crippen molar-refractivity contribution in [1.82, 2.24) is 26.5 Å². The lowest BCUT2D eigenvalue weighted by Gasteiger charge is -2.36. The molecule has 0 bridgehead atoms. The molecule has 4 N–H and O–H groups in total. The SMILES string of the molecule is CCOCCN1CC(C(=O)N[C@@H]2CCC3CC(C4NOC(CC)N4)CCC32)CN1. The molecule has 0 spiro atoms. The van der Waals surface area contributed by atoms with E-state index in [1.165, 1.54) is 25.7 Å². The summed E-state index contributed by atoms with van der Waals surface area (Å²) in [7, 11) is 0. The number of hydrogen-bond acceptors (Lipinski definition) is 7. The monoisotopic (exact) mass is 409 g/mol. The molecule has 2 saturated carbocycles. The average Bonchev–Trinajstić information content (AvgIpc) is 3.48. The molecule has 29 heavy (non-hydrogen) atoms. The van der Waals surface area contributed by atoms with Crippen molar-refractivity contribution < 1.29 is 14.4 Å². The Hall–Kier alpha value is -0.770. The highest BCUT2D eigenvalue weighted by molar-refractivity contribution is 5.79. The van der Waals surface area contributed by atoms with E-state index < -0.39 is 0 Å². The Morgan fingerprint density at radius 1 is 1.21 bits per heavy atom. The number of hydroxylamine groups is 1. The molecule has 2 aliphatic carbocycles. The molecule has 8 nitrogen and oxygen atoms in total. The number of hydrogen-bond donors (Lipinski definition) is 4. The number of carbonyl (C=O) groups is 1. The van der Waals surface area contributed by atoms with Crippen LogP contribution in [0.3, 0.4) is 0 Å².